The number of carbonyl (C=O) groups excluding carboxylic acids is 2. The summed E-state index contributed by atoms with van der Waals surface area (Å²) >= 11 is 0. The van der Waals surface area contributed by atoms with Gasteiger partial charge in [-0.15, -0.1) is 0 Å². The number of aliphatic hydroxyl groups excluding tert-OH is 2. The molecule has 0 aliphatic carbocycles. The number of ether oxygens (including phenoxy) is 2. The van der Waals surface area contributed by atoms with E-state index in [2.05, 4.69) is 0 Å². The minimum absolute atomic E-state index is 0.174. The molecule has 0 spiro atoms. The van der Waals surface area contributed by atoms with Gasteiger partial charge in [0.15, 0.2) is 0 Å². The molecule has 4 unspecified atom stereocenters. The summed E-state index contributed by atoms with van der Waals surface area (Å²) in [6.45, 7) is 12.1. The van der Waals surface area contributed by atoms with Crippen molar-refractivity contribution < 1.29 is 29.3 Å². The van der Waals surface area contributed by atoms with Crippen LogP contribution >= 0.6 is 0 Å². The molecule has 2 saturated heterocycles. The van der Waals surface area contributed by atoms with Crippen molar-refractivity contribution in [1.29, 1.82) is 10.5 Å². The molecule has 2 aliphatic rings. The van der Waals surface area contributed by atoms with Gasteiger partial charge in [-0.3, -0.25) is 0 Å². The summed E-state index contributed by atoms with van der Waals surface area (Å²) < 4.78 is 10.4. The molecule has 10 nitrogen and oxygen atoms in total. The maximum absolute atomic E-state index is 11.7. The maximum atomic E-state index is 11.7. The van der Waals surface area contributed by atoms with E-state index >= 15 is 0 Å². The van der Waals surface area contributed by atoms with E-state index in [1.54, 1.807) is 41.5 Å². The van der Waals surface area contributed by atoms with Gasteiger partial charge in [-0.1, -0.05) is 0 Å². The number of rotatable bonds is 0. The number of aliphatic hydroxyl groups is 2. The lowest BCUT2D eigenvalue weighted by Gasteiger charge is -2.34. The van der Waals surface area contributed by atoms with Crippen LogP contribution in [0.2, 0.25) is 0 Å². The zero-order valence-corrected chi connectivity index (χ0v) is 19.9. The standard InChI is InChI=1S/2C11H18N2O3/c1-11(2,3)16-10(15)13-5-4-9(14)8(6-12)7-13;1-11(2,3)16-10(15)13-5-4-8(6-12)9(14)7-13/h2*8-9,14H,4-5,7H2,1-3H3. The highest BCUT2D eigenvalue weighted by molar-refractivity contribution is 5.68. The Hall–Kier alpha value is -2.56. The third-order valence-corrected chi connectivity index (χ3v) is 4.79. The number of amides is 2. The van der Waals surface area contributed by atoms with E-state index in [0.29, 0.717) is 25.9 Å². The van der Waals surface area contributed by atoms with Crippen molar-refractivity contribution in [3.8, 4) is 12.1 Å². The largest absolute Gasteiger partial charge is 0.444 e. The van der Waals surface area contributed by atoms with Gasteiger partial charge in [0, 0.05) is 19.6 Å². The van der Waals surface area contributed by atoms with E-state index in [1.807, 2.05) is 12.1 Å². The minimum atomic E-state index is -0.772. The highest BCUT2D eigenvalue weighted by atomic mass is 16.6. The van der Waals surface area contributed by atoms with Crippen molar-refractivity contribution in [2.75, 3.05) is 26.2 Å². The molecule has 10 heteroatoms. The first-order chi connectivity index (χ1) is 14.7. The van der Waals surface area contributed by atoms with Crippen LogP contribution in [0.4, 0.5) is 9.59 Å². The van der Waals surface area contributed by atoms with Gasteiger partial charge in [0.05, 0.1) is 42.7 Å². The van der Waals surface area contributed by atoms with E-state index in [-0.39, 0.29) is 19.0 Å². The molecule has 2 aliphatic heterocycles. The Morgan fingerprint density at radius 1 is 0.781 bits per heavy atom. The third kappa shape index (κ3) is 9.29. The first-order valence-corrected chi connectivity index (χ1v) is 10.8. The van der Waals surface area contributed by atoms with Crippen LogP contribution in [0.15, 0.2) is 0 Å². The number of hydrogen-bond donors (Lipinski definition) is 2. The Balaban J connectivity index is 0.000000320. The molecule has 2 heterocycles. The fraction of sp³-hybridized carbons (Fsp3) is 0.818. The molecule has 180 valence electrons. The Labute approximate surface area is 190 Å². The summed E-state index contributed by atoms with van der Waals surface area (Å²) in [5.74, 6) is -0.889. The molecule has 4 atom stereocenters. The second-order valence-electron chi connectivity index (χ2n) is 10.0. The molecule has 32 heavy (non-hydrogen) atoms. The quantitative estimate of drug-likeness (QED) is 0.569. The molecular formula is C22H36N4O6. The topological polar surface area (TPSA) is 147 Å². The fourth-order valence-corrected chi connectivity index (χ4v) is 3.13. The Morgan fingerprint density at radius 2 is 1.22 bits per heavy atom. The Morgan fingerprint density at radius 3 is 1.62 bits per heavy atom. The van der Waals surface area contributed by atoms with Gasteiger partial charge in [-0.05, 0) is 54.4 Å². The molecule has 0 aromatic rings. The van der Waals surface area contributed by atoms with Gasteiger partial charge >= 0.3 is 12.2 Å². The molecule has 2 rings (SSSR count). The van der Waals surface area contributed by atoms with E-state index in [9.17, 15) is 19.8 Å². The zero-order valence-electron chi connectivity index (χ0n) is 19.9. The van der Waals surface area contributed by atoms with Crippen molar-refractivity contribution >= 4 is 12.2 Å². The summed E-state index contributed by atoms with van der Waals surface area (Å²) in [5.41, 5.74) is -1.07. The second kappa shape index (κ2) is 11.3. The molecule has 0 bridgehead atoms. The SMILES string of the molecule is CC(C)(C)OC(=O)N1CCC(C#N)C(O)C1.CC(C)(C)OC(=O)N1CCC(O)C(C#N)C1. The van der Waals surface area contributed by atoms with E-state index in [0.717, 1.165) is 0 Å². The average Bonchev–Trinajstić information content (AvgIpc) is 2.66. The first kappa shape index (κ1) is 27.5. The molecule has 2 N–H and O–H groups in total. The molecule has 0 aromatic carbocycles. The summed E-state index contributed by atoms with van der Waals surface area (Å²) in [7, 11) is 0. The highest BCUT2D eigenvalue weighted by Crippen LogP contribution is 2.20. The van der Waals surface area contributed by atoms with Gasteiger partial charge in [0.2, 0.25) is 0 Å². The predicted octanol–water partition coefficient (Wildman–Crippen LogP) is 2.26. The molecule has 2 amide bonds. The maximum Gasteiger partial charge on any atom is 0.410 e. The Kier molecular flexibility index (Phi) is 9.74. The summed E-state index contributed by atoms with van der Waals surface area (Å²) in [5, 5.41) is 36.6. The van der Waals surface area contributed by atoms with Crippen LogP contribution < -0.4 is 0 Å². The van der Waals surface area contributed by atoms with Crippen LogP contribution in [0, 0.1) is 34.5 Å². The third-order valence-electron chi connectivity index (χ3n) is 4.79. The second-order valence-corrected chi connectivity index (χ2v) is 10.0. The zero-order chi connectivity index (χ0) is 24.7. The van der Waals surface area contributed by atoms with Crippen LogP contribution in [0.3, 0.4) is 0 Å². The van der Waals surface area contributed by atoms with Crippen molar-refractivity contribution in [2.45, 2.75) is 77.8 Å². The molecular weight excluding hydrogens is 416 g/mol. The van der Waals surface area contributed by atoms with Crippen LogP contribution in [0.1, 0.15) is 54.4 Å². The van der Waals surface area contributed by atoms with Crippen molar-refractivity contribution in [3.63, 3.8) is 0 Å². The molecule has 0 aromatic heterocycles. The lowest BCUT2D eigenvalue weighted by molar-refractivity contribution is -0.00455. The van der Waals surface area contributed by atoms with Gasteiger partial charge in [0.25, 0.3) is 0 Å². The van der Waals surface area contributed by atoms with E-state index in [1.165, 1.54) is 9.80 Å². The van der Waals surface area contributed by atoms with E-state index < -0.39 is 41.5 Å². The number of carbonyl (C=O) groups is 2. The van der Waals surface area contributed by atoms with Gasteiger partial charge in [-0.2, -0.15) is 10.5 Å². The predicted molar refractivity (Wildman–Crippen MR) is 115 cm³/mol. The number of nitrogens with zero attached hydrogens (tertiary/aromatic N) is 4. The van der Waals surface area contributed by atoms with Gasteiger partial charge < -0.3 is 29.5 Å². The lowest BCUT2D eigenvalue weighted by Crippen LogP contribution is -2.47. The van der Waals surface area contributed by atoms with Crippen LogP contribution in [-0.2, 0) is 9.47 Å². The normalized spacial score (nSPS) is 26.1. The number of β-amino-alcohol motifs (C(OH)–C–C–N with tert-alkyl or cyclic N) is 1. The first-order valence-electron chi connectivity index (χ1n) is 10.8. The minimum Gasteiger partial charge on any atom is -0.444 e. The smallest absolute Gasteiger partial charge is 0.410 e. The van der Waals surface area contributed by atoms with Crippen LogP contribution in [0.25, 0.3) is 0 Å². The molecule has 0 radical (unpaired) electrons. The van der Waals surface area contributed by atoms with Gasteiger partial charge in [0.1, 0.15) is 11.2 Å². The molecule has 2 fully saturated rings. The van der Waals surface area contributed by atoms with Crippen LogP contribution in [-0.4, -0.2) is 81.8 Å². The lowest BCUT2D eigenvalue weighted by atomic mass is 9.96. The molecule has 0 saturated carbocycles. The Bertz CT molecular complexity index is 731. The van der Waals surface area contributed by atoms with Crippen molar-refractivity contribution in [3.05, 3.63) is 0 Å². The number of hydrogen-bond acceptors (Lipinski definition) is 8. The monoisotopic (exact) mass is 452 g/mol. The van der Waals surface area contributed by atoms with Crippen molar-refractivity contribution in [1.82, 2.24) is 9.80 Å². The number of piperidine rings is 2. The van der Waals surface area contributed by atoms with Crippen molar-refractivity contribution in [2.24, 2.45) is 11.8 Å². The number of nitriles is 2. The summed E-state index contributed by atoms with van der Waals surface area (Å²) in [6.07, 6.45) is -1.33. The van der Waals surface area contributed by atoms with Crippen LogP contribution in [0.5, 0.6) is 0 Å². The summed E-state index contributed by atoms with van der Waals surface area (Å²) in [6, 6.07) is 4.03. The average molecular weight is 453 g/mol. The fourth-order valence-electron chi connectivity index (χ4n) is 3.13. The summed E-state index contributed by atoms with van der Waals surface area (Å²) in [4.78, 5) is 26.3. The number of likely N-dealkylation sites (tertiary alicyclic amines) is 2. The van der Waals surface area contributed by atoms with Gasteiger partial charge in [-0.25, -0.2) is 9.59 Å². The van der Waals surface area contributed by atoms with E-state index in [4.69, 9.17) is 20.0 Å². The highest BCUT2D eigenvalue weighted by Gasteiger charge is 2.33.